The van der Waals surface area contributed by atoms with Crippen molar-refractivity contribution in [3.63, 3.8) is 0 Å². The normalized spacial score (nSPS) is 11.6. The van der Waals surface area contributed by atoms with Gasteiger partial charge in [0, 0.05) is 18.3 Å². The summed E-state index contributed by atoms with van der Waals surface area (Å²) in [5.74, 6) is -0.109. The maximum Gasteiger partial charge on any atom is 0.321 e. The zero-order valence-electron chi connectivity index (χ0n) is 13.4. The predicted molar refractivity (Wildman–Crippen MR) is 93.4 cm³/mol. The van der Waals surface area contributed by atoms with E-state index in [2.05, 4.69) is 20.6 Å². The maximum absolute atomic E-state index is 12.5. The maximum atomic E-state index is 12.5. The fraction of sp³-hybridized carbons (Fsp3) is 0.250. The molecule has 1 atom stereocenters. The summed E-state index contributed by atoms with van der Waals surface area (Å²) in [6.45, 7) is 4.00. The molecule has 0 aliphatic rings. The lowest BCUT2D eigenvalue weighted by Gasteiger charge is -2.16. The van der Waals surface area contributed by atoms with E-state index in [0.29, 0.717) is 23.2 Å². The number of rotatable bonds is 5. The Labute approximate surface area is 144 Å². The van der Waals surface area contributed by atoms with Gasteiger partial charge in [0.2, 0.25) is 5.91 Å². The molecule has 2 rings (SSSR count). The highest BCUT2D eigenvalue weighted by Gasteiger charge is 2.25. The fourth-order valence-electron chi connectivity index (χ4n) is 2.01. The van der Waals surface area contributed by atoms with Gasteiger partial charge in [-0.1, -0.05) is 42.1 Å². The molecule has 2 aromatic rings. The molecule has 1 aromatic heterocycles. The first-order chi connectivity index (χ1) is 11.5. The highest BCUT2D eigenvalue weighted by molar-refractivity contribution is 8.00. The van der Waals surface area contributed by atoms with Crippen LogP contribution < -0.4 is 16.4 Å². The number of anilines is 1. The number of nitrogens with zero attached hydrogens (tertiary/aromatic N) is 2. The van der Waals surface area contributed by atoms with E-state index in [1.54, 1.807) is 19.9 Å². The second kappa shape index (κ2) is 8.30. The minimum Gasteiger partial charge on any atom is -0.384 e. The van der Waals surface area contributed by atoms with Crippen molar-refractivity contribution in [2.75, 3.05) is 12.3 Å². The molecule has 0 fully saturated rings. The molecule has 0 spiro atoms. The Balaban J connectivity index is 2.26. The summed E-state index contributed by atoms with van der Waals surface area (Å²) in [5.41, 5.74) is 7.19. The molecular weight excluding hydrogens is 326 g/mol. The number of benzene rings is 1. The Morgan fingerprint density at radius 1 is 1.25 bits per heavy atom. The van der Waals surface area contributed by atoms with Crippen LogP contribution in [0.15, 0.2) is 41.6 Å². The topological polar surface area (TPSA) is 110 Å². The van der Waals surface area contributed by atoms with E-state index >= 15 is 0 Å². The van der Waals surface area contributed by atoms with Gasteiger partial charge in [-0.2, -0.15) is 0 Å². The number of aromatic nitrogens is 2. The summed E-state index contributed by atoms with van der Waals surface area (Å²) in [6.07, 6.45) is 0. The average Bonchev–Trinajstić information content (AvgIpc) is 2.52. The largest absolute Gasteiger partial charge is 0.384 e. The number of carbonyl (C=O) groups excluding carboxylic acids is 2. The number of nitrogens with one attached hydrogen (secondary N) is 2. The molecule has 0 aliphatic heterocycles. The summed E-state index contributed by atoms with van der Waals surface area (Å²) >= 11 is 1.14. The third-order valence-electron chi connectivity index (χ3n) is 2.99. The smallest absolute Gasteiger partial charge is 0.321 e. The number of urea groups is 1. The van der Waals surface area contributed by atoms with Crippen molar-refractivity contribution in [3.05, 3.63) is 47.7 Å². The SMILES string of the molecule is CCNC(=O)NC(=O)[C@H](Sc1nc(C)cc(N)n1)c1ccccc1. The third-order valence-corrected chi connectivity index (χ3v) is 4.11. The monoisotopic (exact) mass is 345 g/mol. The third kappa shape index (κ3) is 4.95. The summed E-state index contributed by atoms with van der Waals surface area (Å²) in [7, 11) is 0. The molecule has 4 N–H and O–H groups in total. The molecule has 0 saturated heterocycles. The number of amides is 3. The first-order valence-corrected chi connectivity index (χ1v) is 8.29. The van der Waals surface area contributed by atoms with Crippen LogP contribution >= 0.6 is 11.8 Å². The van der Waals surface area contributed by atoms with Crippen LogP contribution in [0.5, 0.6) is 0 Å². The molecule has 1 aromatic carbocycles. The van der Waals surface area contributed by atoms with Crippen LogP contribution in [0.25, 0.3) is 0 Å². The zero-order chi connectivity index (χ0) is 17.5. The van der Waals surface area contributed by atoms with E-state index in [1.807, 2.05) is 30.3 Å². The lowest BCUT2D eigenvalue weighted by molar-refractivity contribution is -0.119. The van der Waals surface area contributed by atoms with Crippen molar-refractivity contribution in [1.29, 1.82) is 0 Å². The highest BCUT2D eigenvalue weighted by Crippen LogP contribution is 2.33. The molecule has 1 heterocycles. The lowest BCUT2D eigenvalue weighted by Crippen LogP contribution is -2.41. The van der Waals surface area contributed by atoms with Crippen LogP contribution in [0.3, 0.4) is 0 Å². The standard InChI is InChI=1S/C16H19N5O2S/c1-3-18-15(23)21-14(22)13(11-7-5-4-6-8-11)24-16-19-10(2)9-12(17)20-16/h4-9,13H,3H2,1-2H3,(H2,17,19,20)(H2,18,21,22,23)/t13-/m1/s1. The van der Waals surface area contributed by atoms with E-state index in [9.17, 15) is 9.59 Å². The van der Waals surface area contributed by atoms with Gasteiger partial charge in [0.05, 0.1) is 0 Å². The summed E-state index contributed by atoms with van der Waals surface area (Å²) in [4.78, 5) is 32.6. The van der Waals surface area contributed by atoms with Gasteiger partial charge >= 0.3 is 6.03 Å². The lowest BCUT2D eigenvalue weighted by atomic mass is 10.1. The zero-order valence-corrected chi connectivity index (χ0v) is 14.3. The molecular formula is C16H19N5O2S. The first-order valence-electron chi connectivity index (χ1n) is 7.41. The summed E-state index contributed by atoms with van der Waals surface area (Å²) < 4.78 is 0. The van der Waals surface area contributed by atoms with Crippen molar-refractivity contribution >= 4 is 29.5 Å². The number of hydrogen-bond acceptors (Lipinski definition) is 6. The molecule has 3 amide bonds. The second-order valence-corrected chi connectivity index (χ2v) is 6.05. The van der Waals surface area contributed by atoms with Crippen molar-refractivity contribution in [3.8, 4) is 0 Å². The second-order valence-electron chi connectivity index (χ2n) is 4.97. The molecule has 0 unspecified atom stereocenters. The Morgan fingerprint density at radius 2 is 1.96 bits per heavy atom. The molecule has 0 aliphatic carbocycles. The van der Waals surface area contributed by atoms with E-state index in [0.717, 1.165) is 17.3 Å². The van der Waals surface area contributed by atoms with Crippen LogP contribution in [0.1, 0.15) is 23.4 Å². The van der Waals surface area contributed by atoms with Gasteiger partial charge in [0.15, 0.2) is 5.16 Å². The van der Waals surface area contributed by atoms with Crippen LogP contribution in [0.2, 0.25) is 0 Å². The molecule has 0 radical (unpaired) electrons. The molecule has 24 heavy (non-hydrogen) atoms. The quantitative estimate of drug-likeness (QED) is 0.565. The van der Waals surface area contributed by atoms with Crippen LogP contribution in [0, 0.1) is 6.92 Å². The van der Waals surface area contributed by atoms with Gasteiger partial charge in [0.25, 0.3) is 0 Å². The number of nitrogen functional groups attached to an aromatic ring is 1. The first kappa shape index (κ1) is 17.7. The molecule has 0 saturated carbocycles. The van der Waals surface area contributed by atoms with Crippen molar-refractivity contribution in [1.82, 2.24) is 20.6 Å². The van der Waals surface area contributed by atoms with Crippen LogP contribution in [-0.2, 0) is 4.79 Å². The molecule has 0 bridgehead atoms. The highest BCUT2D eigenvalue weighted by atomic mass is 32.2. The number of carbonyl (C=O) groups is 2. The van der Waals surface area contributed by atoms with Gasteiger partial charge < -0.3 is 11.1 Å². The average molecular weight is 345 g/mol. The molecule has 126 valence electrons. The Morgan fingerprint density at radius 3 is 2.58 bits per heavy atom. The van der Waals surface area contributed by atoms with Gasteiger partial charge in [-0.25, -0.2) is 14.8 Å². The van der Waals surface area contributed by atoms with E-state index in [4.69, 9.17) is 5.73 Å². The fourth-order valence-corrected chi connectivity index (χ4v) is 3.03. The van der Waals surface area contributed by atoms with Crippen molar-refractivity contribution in [2.24, 2.45) is 0 Å². The Hall–Kier alpha value is -2.61. The van der Waals surface area contributed by atoms with Gasteiger partial charge in [-0.15, -0.1) is 0 Å². The van der Waals surface area contributed by atoms with Crippen LogP contribution in [0.4, 0.5) is 10.6 Å². The van der Waals surface area contributed by atoms with Gasteiger partial charge in [-0.3, -0.25) is 10.1 Å². The van der Waals surface area contributed by atoms with Crippen molar-refractivity contribution < 1.29 is 9.59 Å². The van der Waals surface area contributed by atoms with E-state index < -0.39 is 17.2 Å². The number of imide groups is 1. The number of hydrogen-bond donors (Lipinski definition) is 3. The van der Waals surface area contributed by atoms with Gasteiger partial charge in [-0.05, 0) is 19.4 Å². The number of thioether (sulfide) groups is 1. The summed E-state index contributed by atoms with van der Waals surface area (Å²) in [6, 6.07) is 10.3. The van der Waals surface area contributed by atoms with Gasteiger partial charge in [0.1, 0.15) is 11.1 Å². The molecule has 8 heteroatoms. The van der Waals surface area contributed by atoms with E-state index in [1.165, 1.54) is 0 Å². The predicted octanol–water partition coefficient (Wildman–Crippen LogP) is 2.05. The van der Waals surface area contributed by atoms with E-state index in [-0.39, 0.29) is 0 Å². The number of aryl methyl sites for hydroxylation is 1. The minimum absolute atomic E-state index is 0.334. The summed E-state index contributed by atoms with van der Waals surface area (Å²) in [5, 5.41) is 4.58. The molecule has 7 nitrogen and oxygen atoms in total. The number of nitrogens with two attached hydrogens (primary N) is 1. The Bertz CT molecular complexity index is 703. The van der Waals surface area contributed by atoms with Crippen LogP contribution in [-0.4, -0.2) is 28.5 Å². The van der Waals surface area contributed by atoms with Crippen molar-refractivity contribution in [2.45, 2.75) is 24.3 Å². The Kier molecular flexibility index (Phi) is 6.14. The minimum atomic E-state index is -0.671.